The average Bonchev–Trinajstić information content (AvgIpc) is 3.08. The molecule has 0 saturated carbocycles. The third-order valence-corrected chi connectivity index (χ3v) is 4.41. The Bertz CT molecular complexity index is 880. The highest BCUT2D eigenvalue weighted by Crippen LogP contribution is 2.32. The van der Waals surface area contributed by atoms with Gasteiger partial charge in [-0.3, -0.25) is 14.5 Å². The zero-order chi connectivity index (χ0) is 17.3. The van der Waals surface area contributed by atoms with E-state index in [-0.39, 0.29) is 9.23 Å². The number of aliphatic carboxylic acids is 1. The number of thioether (sulfide) groups is 1. The Morgan fingerprint density at radius 1 is 1.46 bits per heavy atom. The van der Waals surface area contributed by atoms with Gasteiger partial charge >= 0.3 is 5.97 Å². The molecule has 1 N–H and O–H groups in total. The fourth-order valence-electron chi connectivity index (χ4n) is 1.99. The van der Waals surface area contributed by atoms with Crippen molar-refractivity contribution >= 4 is 46.3 Å². The van der Waals surface area contributed by atoms with Crippen LogP contribution in [-0.4, -0.2) is 47.7 Å². The zero-order valence-corrected chi connectivity index (χ0v) is 13.6. The number of thiocarbonyl (C=S) groups is 1. The lowest BCUT2D eigenvalue weighted by Crippen LogP contribution is -2.33. The van der Waals surface area contributed by atoms with E-state index in [1.807, 2.05) is 0 Å². The van der Waals surface area contributed by atoms with Crippen LogP contribution in [-0.2, 0) is 9.59 Å². The van der Waals surface area contributed by atoms with Crippen molar-refractivity contribution in [3.63, 3.8) is 0 Å². The summed E-state index contributed by atoms with van der Waals surface area (Å²) in [7, 11) is 0. The predicted molar refractivity (Wildman–Crippen MR) is 88.8 cm³/mol. The molecule has 1 aliphatic rings. The van der Waals surface area contributed by atoms with Crippen molar-refractivity contribution in [1.29, 1.82) is 0 Å². The van der Waals surface area contributed by atoms with Gasteiger partial charge in [-0.05, 0) is 24.3 Å². The van der Waals surface area contributed by atoms with Crippen LogP contribution >= 0.6 is 24.0 Å². The van der Waals surface area contributed by atoms with Gasteiger partial charge in [0.05, 0.1) is 16.8 Å². The fourth-order valence-corrected chi connectivity index (χ4v) is 3.23. The van der Waals surface area contributed by atoms with Crippen LogP contribution in [0.4, 0.5) is 4.39 Å². The van der Waals surface area contributed by atoms with Gasteiger partial charge in [0.25, 0.3) is 5.91 Å². The Labute approximate surface area is 144 Å². The molecular formula is C14H9FN4O3S2. The number of rotatable bonds is 4. The minimum Gasteiger partial charge on any atom is -0.480 e. The van der Waals surface area contributed by atoms with Crippen molar-refractivity contribution in [3.8, 4) is 5.69 Å². The summed E-state index contributed by atoms with van der Waals surface area (Å²) in [5.74, 6) is -2.05. The second kappa shape index (κ2) is 6.49. The summed E-state index contributed by atoms with van der Waals surface area (Å²) in [6, 6.07) is 5.82. The van der Waals surface area contributed by atoms with Crippen LogP contribution in [0.1, 0.15) is 5.69 Å². The topological polar surface area (TPSA) is 88.3 Å². The van der Waals surface area contributed by atoms with Crippen molar-refractivity contribution in [2.45, 2.75) is 0 Å². The van der Waals surface area contributed by atoms with Gasteiger partial charge in [0.15, 0.2) is 0 Å². The number of nitrogens with zero attached hydrogens (tertiary/aromatic N) is 4. The number of carboxylic acid groups (broad SMARTS) is 1. The maximum Gasteiger partial charge on any atom is 0.323 e. The first kappa shape index (κ1) is 16.3. The number of amides is 1. The Hall–Kier alpha value is -2.59. The van der Waals surface area contributed by atoms with E-state index in [2.05, 4.69) is 10.3 Å². The number of hydrogen-bond donors (Lipinski definition) is 1. The summed E-state index contributed by atoms with van der Waals surface area (Å²) in [6.07, 6.45) is 2.99. The number of benzene rings is 1. The van der Waals surface area contributed by atoms with Gasteiger partial charge in [-0.2, -0.15) is 0 Å². The van der Waals surface area contributed by atoms with Crippen LogP contribution in [0.25, 0.3) is 11.8 Å². The van der Waals surface area contributed by atoms with E-state index >= 15 is 0 Å². The summed E-state index contributed by atoms with van der Waals surface area (Å²) in [6.45, 7) is -0.488. The quantitative estimate of drug-likeness (QED) is 0.652. The molecule has 3 rings (SSSR count). The molecule has 122 valence electrons. The molecule has 1 aliphatic heterocycles. The van der Waals surface area contributed by atoms with Crippen LogP contribution in [0.2, 0.25) is 0 Å². The first-order chi connectivity index (χ1) is 11.4. The van der Waals surface area contributed by atoms with E-state index < -0.39 is 24.2 Å². The first-order valence-electron chi connectivity index (χ1n) is 6.59. The van der Waals surface area contributed by atoms with Crippen LogP contribution < -0.4 is 0 Å². The molecule has 1 fully saturated rings. The van der Waals surface area contributed by atoms with E-state index in [0.29, 0.717) is 11.4 Å². The van der Waals surface area contributed by atoms with Gasteiger partial charge in [-0.15, -0.1) is 5.10 Å². The van der Waals surface area contributed by atoms with Gasteiger partial charge in [0, 0.05) is 0 Å². The van der Waals surface area contributed by atoms with Crippen molar-refractivity contribution in [1.82, 2.24) is 19.9 Å². The molecular weight excluding hydrogens is 355 g/mol. The van der Waals surface area contributed by atoms with E-state index in [4.69, 9.17) is 17.3 Å². The summed E-state index contributed by atoms with van der Waals surface area (Å²) < 4.78 is 14.8. The molecule has 1 amide bonds. The van der Waals surface area contributed by atoms with Crippen LogP contribution in [0.3, 0.4) is 0 Å². The van der Waals surface area contributed by atoms with E-state index in [9.17, 15) is 14.0 Å². The molecule has 0 aliphatic carbocycles. The summed E-state index contributed by atoms with van der Waals surface area (Å²) >= 11 is 6.00. The normalized spacial score (nSPS) is 16.2. The van der Waals surface area contributed by atoms with Gasteiger partial charge in [0.2, 0.25) is 0 Å². The summed E-state index contributed by atoms with van der Waals surface area (Å²) in [5, 5.41) is 16.6. The fraction of sp³-hybridized carbons (Fsp3) is 0.0714. The Morgan fingerprint density at radius 2 is 2.25 bits per heavy atom. The van der Waals surface area contributed by atoms with Gasteiger partial charge in [0.1, 0.15) is 22.4 Å². The van der Waals surface area contributed by atoms with Crippen molar-refractivity contribution < 1.29 is 19.1 Å². The molecule has 1 saturated heterocycles. The first-order valence-corrected chi connectivity index (χ1v) is 7.82. The lowest BCUT2D eigenvalue weighted by atomic mass is 10.3. The highest BCUT2D eigenvalue weighted by molar-refractivity contribution is 8.26. The number of carbonyl (C=O) groups excluding carboxylic acids is 1. The molecule has 1 aromatic heterocycles. The predicted octanol–water partition coefficient (Wildman–Crippen LogP) is 1.69. The third kappa shape index (κ3) is 3.34. The Kier molecular flexibility index (Phi) is 4.40. The molecule has 10 heteroatoms. The smallest absolute Gasteiger partial charge is 0.323 e. The van der Waals surface area contributed by atoms with Gasteiger partial charge < -0.3 is 5.11 Å². The van der Waals surface area contributed by atoms with Crippen LogP contribution in [0.5, 0.6) is 0 Å². The largest absolute Gasteiger partial charge is 0.480 e. The minimum absolute atomic E-state index is 0.172. The van der Waals surface area contributed by atoms with E-state index in [1.165, 1.54) is 29.1 Å². The van der Waals surface area contributed by atoms with Gasteiger partial charge in [-0.25, -0.2) is 9.07 Å². The lowest BCUT2D eigenvalue weighted by molar-refractivity contribution is -0.140. The standard InChI is InChI=1S/C14H9FN4O3S2/c15-8-2-1-3-10(4-8)19-6-9(16-17-19)5-11-13(22)18(7-12(20)21)14(23)24-11/h1-6H,7H2,(H,20,21)/b11-5-. The average molecular weight is 364 g/mol. The maximum atomic E-state index is 13.2. The molecule has 1 aromatic carbocycles. The monoisotopic (exact) mass is 364 g/mol. The van der Waals surface area contributed by atoms with Gasteiger partial charge in [-0.1, -0.05) is 35.3 Å². The number of carboxylic acids is 1. The van der Waals surface area contributed by atoms with E-state index in [0.717, 1.165) is 16.7 Å². The maximum absolute atomic E-state index is 13.2. The highest BCUT2D eigenvalue weighted by atomic mass is 32.2. The molecule has 24 heavy (non-hydrogen) atoms. The summed E-state index contributed by atoms with van der Waals surface area (Å²) in [4.78, 5) is 24.2. The Morgan fingerprint density at radius 3 is 2.96 bits per heavy atom. The van der Waals surface area contributed by atoms with Crippen molar-refractivity contribution in [2.75, 3.05) is 6.54 Å². The van der Waals surface area contributed by atoms with Crippen molar-refractivity contribution in [3.05, 3.63) is 46.9 Å². The lowest BCUT2D eigenvalue weighted by Gasteiger charge is -2.09. The number of aromatic nitrogens is 3. The Balaban J connectivity index is 1.84. The number of halogens is 1. The van der Waals surface area contributed by atoms with Crippen molar-refractivity contribution in [2.24, 2.45) is 0 Å². The van der Waals surface area contributed by atoms with Crippen LogP contribution in [0.15, 0.2) is 35.4 Å². The minimum atomic E-state index is -1.15. The van der Waals surface area contributed by atoms with Crippen LogP contribution in [0, 0.1) is 5.82 Å². The SMILES string of the molecule is O=C(O)CN1C(=O)/C(=C/c2cn(-c3cccc(F)c3)nn2)SC1=S. The molecule has 2 aromatic rings. The summed E-state index contributed by atoms with van der Waals surface area (Å²) in [5.41, 5.74) is 0.857. The molecule has 7 nitrogen and oxygen atoms in total. The number of hydrogen-bond acceptors (Lipinski definition) is 6. The third-order valence-electron chi connectivity index (χ3n) is 3.03. The second-order valence-corrected chi connectivity index (χ2v) is 6.41. The molecule has 0 atom stereocenters. The zero-order valence-electron chi connectivity index (χ0n) is 11.9. The molecule has 2 heterocycles. The molecule has 0 bridgehead atoms. The van der Waals surface area contributed by atoms with E-state index in [1.54, 1.807) is 12.1 Å². The highest BCUT2D eigenvalue weighted by Gasteiger charge is 2.33. The second-order valence-electron chi connectivity index (χ2n) is 4.73. The molecule has 0 radical (unpaired) electrons. The molecule has 0 spiro atoms. The molecule has 0 unspecified atom stereocenters. The number of carbonyl (C=O) groups is 2.